The summed E-state index contributed by atoms with van der Waals surface area (Å²) in [5.41, 5.74) is 0.970. The standard InChI is InChI=1S/C11H10N4O/c16-11(13-10-8-12-15-14-10)7-6-9-4-2-1-3-5-9/h1-8H,(H2,12,13,14,15,16). The highest BCUT2D eigenvalue weighted by molar-refractivity contribution is 6.01. The number of benzene rings is 1. The number of anilines is 1. The molecule has 1 aromatic carbocycles. The van der Waals surface area contributed by atoms with Crippen molar-refractivity contribution >= 4 is 17.8 Å². The molecule has 0 saturated carbocycles. The minimum atomic E-state index is -0.238. The Bertz CT molecular complexity index is 476. The van der Waals surface area contributed by atoms with Gasteiger partial charge >= 0.3 is 0 Å². The van der Waals surface area contributed by atoms with Gasteiger partial charge in [0.1, 0.15) is 0 Å². The van der Waals surface area contributed by atoms with Crippen LogP contribution >= 0.6 is 0 Å². The molecule has 16 heavy (non-hydrogen) atoms. The van der Waals surface area contributed by atoms with Gasteiger partial charge in [-0.3, -0.25) is 4.79 Å². The number of carbonyl (C=O) groups is 1. The van der Waals surface area contributed by atoms with E-state index in [9.17, 15) is 4.79 Å². The molecule has 1 heterocycles. The van der Waals surface area contributed by atoms with Crippen LogP contribution in [0.15, 0.2) is 42.6 Å². The van der Waals surface area contributed by atoms with E-state index >= 15 is 0 Å². The van der Waals surface area contributed by atoms with Gasteiger partial charge in [-0.05, 0) is 11.6 Å². The maximum absolute atomic E-state index is 11.4. The lowest BCUT2D eigenvalue weighted by atomic mass is 10.2. The first-order valence-corrected chi connectivity index (χ1v) is 4.74. The van der Waals surface area contributed by atoms with E-state index in [-0.39, 0.29) is 5.91 Å². The van der Waals surface area contributed by atoms with Gasteiger partial charge in [0.15, 0.2) is 5.82 Å². The first-order chi connectivity index (χ1) is 7.84. The van der Waals surface area contributed by atoms with Crippen molar-refractivity contribution < 1.29 is 4.79 Å². The van der Waals surface area contributed by atoms with E-state index in [0.717, 1.165) is 5.56 Å². The number of hydrogen-bond donors (Lipinski definition) is 2. The fourth-order valence-corrected chi connectivity index (χ4v) is 1.17. The van der Waals surface area contributed by atoms with Gasteiger partial charge in [-0.1, -0.05) is 30.3 Å². The van der Waals surface area contributed by atoms with Crippen molar-refractivity contribution in [2.24, 2.45) is 0 Å². The first-order valence-electron chi connectivity index (χ1n) is 4.74. The van der Waals surface area contributed by atoms with Gasteiger partial charge in [0.05, 0.1) is 6.20 Å². The van der Waals surface area contributed by atoms with E-state index in [1.54, 1.807) is 6.08 Å². The van der Waals surface area contributed by atoms with Gasteiger partial charge in [0, 0.05) is 6.08 Å². The van der Waals surface area contributed by atoms with Gasteiger partial charge in [-0.15, -0.1) is 5.10 Å². The molecule has 0 aliphatic carbocycles. The van der Waals surface area contributed by atoms with Crippen molar-refractivity contribution in [1.82, 2.24) is 15.4 Å². The summed E-state index contributed by atoms with van der Waals surface area (Å²) in [6, 6.07) is 9.58. The summed E-state index contributed by atoms with van der Waals surface area (Å²) in [6.45, 7) is 0. The van der Waals surface area contributed by atoms with E-state index < -0.39 is 0 Å². The van der Waals surface area contributed by atoms with Crippen molar-refractivity contribution in [2.45, 2.75) is 0 Å². The molecular weight excluding hydrogens is 204 g/mol. The second-order valence-corrected chi connectivity index (χ2v) is 3.09. The Balaban J connectivity index is 1.95. The normalized spacial score (nSPS) is 10.5. The van der Waals surface area contributed by atoms with Crippen LogP contribution in [0.4, 0.5) is 5.82 Å². The number of carbonyl (C=O) groups excluding carboxylic acids is 1. The van der Waals surface area contributed by atoms with Crippen LogP contribution < -0.4 is 5.32 Å². The molecular formula is C11H10N4O. The van der Waals surface area contributed by atoms with E-state index in [2.05, 4.69) is 20.7 Å². The van der Waals surface area contributed by atoms with E-state index in [4.69, 9.17) is 0 Å². The number of hydrogen-bond acceptors (Lipinski definition) is 3. The predicted octanol–water partition coefficient (Wildman–Crippen LogP) is 1.46. The summed E-state index contributed by atoms with van der Waals surface area (Å²) in [7, 11) is 0. The molecule has 80 valence electrons. The molecule has 5 nitrogen and oxygen atoms in total. The molecule has 0 aliphatic heterocycles. The Morgan fingerprint density at radius 1 is 1.31 bits per heavy atom. The van der Waals surface area contributed by atoms with Crippen LogP contribution in [0.3, 0.4) is 0 Å². The predicted molar refractivity (Wildman–Crippen MR) is 60.5 cm³/mol. The molecule has 2 N–H and O–H groups in total. The van der Waals surface area contributed by atoms with Gasteiger partial charge in [0.2, 0.25) is 5.91 Å². The van der Waals surface area contributed by atoms with E-state index in [1.165, 1.54) is 12.3 Å². The van der Waals surface area contributed by atoms with Gasteiger partial charge < -0.3 is 5.32 Å². The van der Waals surface area contributed by atoms with Crippen molar-refractivity contribution in [3.05, 3.63) is 48.2 Å². The third kappa shape index (κ3) is 2.78. The molecule has 2 aromatic rings. The number of rotatable bonds is 3. The van der Waals surface area contributed by atoms with Crippen LogP contribution in [-0.4, -0.2) is 21.3 Å². The molecule has 5 heteroatoms. The Hall–Kier alpha value is -2.43. The third-order valence-corrected chi connectivity index (χ3v) is 1.89. The molecule has 0 unspecified atom stereocenters. The summed E-state index contributed by atoms with van der Waals surface area (Å²) in [4.78, 5) is 11.4. The molecule has 0 radical (unpaired) electrons. The highest BCUT2D eigenvalue weighted by Crippen LogP contribution is 2.02. The number of amides is 1. The van der Waals surface area contributed by atoms with Crippen molar-refractivity contribution in [3.8, 4) is 0 Å². The minimum absolute atomic E-state index is 0.238. The summed E-state index contributed by atoms with van der Waals surface area (Å²) in [5, 5.41) is 12.3. The highest BCUT2D eigenvalue weighted by Gasteiger charge is 1.98. The quantitative estimate of drug-likeness (QED) is 0.760. The minimum Gasteiger partial charge on any atom is -0.304 e. The molecule has 2 rings (SSSR count). The average Bonchev–Trinajstić information content (AvgIpc) is 2.81. The fourth-order valence-electron chi connectivity index (χ4n) is 1.17. The van der Waals surface area contributed by atoms with Gasteiger partial charge in [-0.2, -0.15) is 10.3 Å². The number of aromatic nitrogens is 3. The highest BCUT2D eigenvalue weighted by atomic mass is 16.1. The second kappa shape index (κ2) is 4.88. The monoisotopic (exact) mass is 214 g/mol. The lowest BCUT2D eigenvalue weighted by Gasteiger charge is -1.94. The second-order valence-electron chi connectivity index (χ2n) is 3.09. The summed E-state index contributed by atoms with van der Waals surface area (Å²) in [5.74, 6) is 0.167. The molecule has 0 aliphatic rings. The topological polar surface area (TPSA) is 70.7 Å². The number of H-pyrrole nitrogens is 1. The molecule has 1 aromatic heterocycles. The number of nitrogens with one attached hydrogen (secondary N) is 2. The molecule has 0 fully saturated rings. The maximum atomic E-state index is 11.4. The molecule has 1 amide bonds. The van der Waals surface area contributed by atoms with Crippen LogP contribution in [0.1, 0.15) is 5.56 Å². The van der Waals surface area contributed by atoms with Crippen LogP contribution in [-0.2, 0) is 4.79 Å². The largest absolute Gasteiger partial charge is 0.304 e. The summed E-state index contributed by atoms with van der Waals surface area (Å²) in [6.07, 6.45) is 4.62. The lowest BCUT2D eigenvalue weighted by molar-refractivity contribution is -0.111. The zero-order valence-corrected chi connectivity index (χ0v) is 8.42. The van der Waals surface area contributed by atoms with E-state index in [0.29, 0.717) is 5.82 Å². The number of aromatic amines is 1. The lowest BCUT2D eigenvalue weighted by Crippen LogP contribution is -2.07. The Labute approximate surface area is 92.2 Å². The summed E-state index contributed by atoms with van der Waals surface area (Å²) >= 11 is 0. The summed E-state index contributed by atoms with van der Waals surface area (Å²) < 4.78 is 0. The third-order valence-electron chi connectivity index (χ3n) is 1.89. The van der Waals surface area contributed by atoms with Crippen molar-refractivity contribution in [3.63, 3.8) is 0 Å². The van der Waals surface area contributed by atoms with Crippen LogP contribution in [0.2, 0.25) is 0 Å². The fraction of sp³-hybridized carbons (Fsp3) is 0. The molecule has 0 bridgehead atoms. The van der Waals surface area contributed by atoms with E-state index in [1.807, 2.05) is 30.3 Å². The average molecular weight is 214 g/mol. The molecule has 0 atom stereocenters. The smallest absolute Gasteiger partial charge is 0.249 e. The van der Waals surface area contributed by atoms with Crippen LogP contribution in [0.25, 0.3) is 6.08 Å². The van der Waals surface area contributed by atoms with Crippen molar-refractivity contribution in [2.75, 3.05) is 5.32 Å². The van der Waals surface area contributed by atoms with Crippen LogP contribution in [0.5, 0.6) is 0 Å². The van der Waals surface area contributed by atoms with Gasteiger partial charge in [0.25, 0.3) is 0 Å². The SMILES string of the molecule is O=C(C=Cc1ccccc1)Nc1cn[nH]n1. The zero-order chi connectivity index (χ0) is 11.2. The Kier molecular flexibility index (Phi) is 3.08. The zero-order valence-electron chi connectivity index (χ0n) is 8.42. The maximum Gasteiger partial charge on any atom is 0.249 e. The molecule has 0 saturated heterocycles. The van der Waals surface area contributed by atoms with Crippen molar-refractivity contribution in [1.29, 1.82) is 0 Å². The first kappa shape index (κ1) is 10.1. The Morgan fingerprint density at radius 3 is 2.81 bits per heavy atom. The van der Waals surface area contributed by atoms with Crippen LogP contribution in [0, 0.1) is 0 Å². The number of nitrogens with zero attached hydrogens (tertiary/aromatic N) is 2. The molecule has 0 spiro atoms. The van der Waals surface area contributed by atoms with Gasteiger partial charge in [-0.25, -0.2) is 0 Å². The Morgan fingerprint density at radius 2 is 2.12 bits per heavy atom.